The lowest BCUT2D eigenvalue weighted by molar-refractivity contribution is 0.0694. The number of amides is 1. The van der Waals surface area contributed by atoms with Gasteiger partial charge in [0.25, 0.3) is 5.91 Å². The number of aromatic carboxylic acids is 1. The molecule has 0 radical (unpaired) electrons. The van der Waals surface area contributed by atoms with Gasteiger partial charge < -0.3 is 19.4 Å². The largest absolute Gasteiger partial charge is 0.478 e. The van der Waals surface area contributed by atoms with Gasteiger partial charge in [0.15, 0.2) is 0 Å². The van der Waals surface area contributed by atoms with Crippen molar-refractivity contribution in [1.82, 2.24) is 9.88 Å². The Hall–Kier alpha value is -2.21. The van der Waals surface area contributed by atoms with E-state index in [-0.39, 0.29) is 18.0 Å². The lowest BCUT2D eigenvalue weighted by atomic mass is 10.2. The molecule has 0 bridgehead atoms. The predicted molar refractivity (Wildman–Crippen MR) is 76.7 cm³/mol. The van der Waals surface area contributed by atoms with Gasteiger partial charge in [0, 0.05) is 12.7 Å². The van der Waals surface area contributed by atoms with Crippen molar-refractivity contribution in [3.05, 3.63) is 46.1 Å². The maximum atomic E-state index is 12.1. The summed E-state index contributed by atoms with van der Waals surface area (Å²) in [5, 5.41) is 12.1. The summed E-state index contributed by atoms with van der Waals surface area (Å²) in [6, 6.07) is 2.99. The van der Waals surface area contributed by atoms with Gasteiger partial charge in [-0.3, -0.25) is 4.79 Å². The Morgan fingerprint density at radius 3 is 2.71 bits per heavy atom. The fraction of sp³-hybridized carbons (Fsp3) is 0.286. The van der Waals surface area contributed by atoms with E-state index in [0.717, 1.165) is 0 Å². The standard InChI is InChI=1S/C14H15ClN2O4/c1-3-17-7-9(15)4-12(17)13(18)16-6-10-5-11(14(19)20)8(2)21-10/h4-5,7H,3,6H2,1-2H3,(H,16,18)(H,19,20). The highest BCUT2D eigenvalue weighted by Gasteiger charge is 2.16. The number of nitrogens with one attached hydrogen (secondary N) is 1. The van der Waals surface area contributed by atoms with Crippen molar-refractivity contribution >= 4 is 23.5 Å². The number of carbonyl (C=O) groups excluding carboxylic acids is 1. The zero-order valence-electron chi connectivity index (χ0n) is 11.6. The van der Waals surface area contributed by atoms with Gasteiger partial charge in [-0.25, -0.2) is 4.79 Å². The number of hydrogen-bond acceptors (Lipinski definition) is 3. The van der Waals surface area contributed by atoms with Crippen LogP contribution in [0.15, 0.2) is 22.7 Å². The minimum absolute atomic E-state index is 0.0965. The normalized spacial score (nSPS) is 10.6. The molecule has 0 fully saturated rings. The molecule has 0 saturated heterocycles. The van der Waals surface area contributed by atoms with Gasteiger partial charge in [-0.1, -0.05) is 11.6 Å². The second kappa shape index (κ2) is 6.05. The molecule has 2 rings (SSSR count). The van der Waals surface area contributed by atoms with Crippen LogP contribution in [-0.4, -0.2) is 21.6 Å². The molecule has 21 heavy (non-hydrogen) atoms. The SMILES string of the molecule is CCn1cc(Cl)cc1C(=O)NCc1cc(C(=O)O)c(C)o1. The number of furan rings is 1. The van der Waals surface area contributed by atoms with E-state index < -0.39 is 5.97 Å². The van der Waals surface area contributed by atoms with Crippen LogP contribution in [0.25, 0.3) is 0 Å². The Bertz CT molecular complexity index is 687. The fourth-order valence-corrected chi connectivity index (χ4v) is 2.25. The van der Waals surface area contributed by atoms with Crippen LogP contribution in [0.4, 0.5) is 0 Å². The van der Waals surface area contributed by atoms with E-state index in [1.807, 2.05) is 6.92 Å². The number of rotatable bonds is 5. The van der Waals surface area contributed by atoms with Crippen LogP contribution in [0.1, 0.15) is 39.3 Å². The quantitative estimate of drug-likeness (QED) is 0.889. The molecular formula is C14H15ClN2O4. The van der Waals surface area contributed by atoms with Gasteiger partial charge in [-0.05, 0) is 26.0 Å². The molecular weight excluding hydrogens is 296 g/mol. The molecule has 0 aliphatic carbocycles. The highest BCUT2D eigenvalue weighted by Crippen LogP contribution is 2.16. The summed E-state index contributed by atoms with van der Waals surface area (Å²) in [6.07, 6.45) is 1.68. The zero-order valence-corrected chi connectivity index (χ0v) is 12.4. The first-order valence-corrected chi connectivity index (χ1v) is 6.76. The average molecular weight is 311 g/mol. The molecule has 6 nitrogen and oxygen atoms in total. The van der Waals surface area contributed by atoms with Gasteiger partial charge in [0.1, 0.15) is 22.8 Å². The topological polar surface area (TPSA) is 84.5 Å². The highest BCUT2D eigenvalue weighted by molar-refractivity contribution is 6.31. The van der Waals surface area contributed by atoms with Gasteiger partial charge >= 0.3 is 5.97 Å². The molecule has 0 spiro atoms. The van der Waals surface area contributed by atoms with Crippen LogP contribution in [0.3, 0.4) is 0 Å². The second-order valence-corrected chi connectivity index (χ2v) is 4.94. The van der Waals surface area contributed by atoms with E-state index in [1.165, 1.54) is 6.07 Å². The summed E-state index contributed by atoms with van der Waals surface area (Å²) in [6.45, 7) is 4.21. The molecule has 7 heteroatoms. The van der Waals surface area contributed by atoms with E-state index in [1.54, 1.807) is 23.8 Å². The third-order valence-electron chi connectivity index (χ3n) is 3.06. The summed E-state index contributed by atoms with van der Waals surface area (Å²) < 4.78 is 7.03. The van der Waals surface area contributed by atoms with E-state index >= 15 is 0 Å². The van der Waals surface area contributed by atoms with Crippen LogP contribution in [0.5, 0.6) is 0 Å². The summed E-state index contributed by atoms with van der Waals surface area (Å²) in [4.78, 5) is 23.0. The Balaban J connectivity index is 2.07. The third kappa shape index (κ3) is 3.28. The first kappa shape index (κ1) is 15.2. The van der Waals surface area contributed by atoms with Crippen molar-refractivity contribution in [3.63, 3.8) is 0 Å². The first-order chi connectivity index (χ1) is 9.92. The summed E-state index contributed by atoms with van der Waals surface area (Å²) >= 11 is 5.88. The van der Waals surface area contributed by atoms with Gasteiger partial charge in [0.2, 0.25) is 0 Å². The molecule has 1 amide bonds. The molecule has 0 aliphatic heterocycles. The van der Waals surface area contributed by atoms with E-state index in [2.05, 4.69) is 5.32 Å². The average Bonchev–Trinajstić information content (AvgIpc) is 2.99. The number of halogens is 1. The number of nitrogens with zero attached hydrogens (tertiary/aromatic N) is 1. The van der Waals surface area contributed by atoms with Crippen molar-refractivity contribution < 1.29 is 19.1 Å². The van der Waals surface area contributed by atoms with E-state index in [4.69, 9.17) is 21.1 Å². The molecule has 0 atom stereocenters. The summed E-state index contributed by atoms with van der Waals surface area (Å²) in [5.41, 5.74) is 0.545. The number of carboxylic acids is 1. The number of carboxylic acid groups (broad SMARTS) is 1. The van der Waals surface area contributed by atoms with Crippen molar-refractivity contribution in [3.8, 4) is 0 Å². The Morgan fingerprint density at radius 1 is 1.43 bits per heavy atom. The number of aromatic nitrogens is 1. The van der Waals surface area contributed by atoms with Crippen molar-refractivity contribution in [2.24, 2.45) is 0 Å². The minimum Gasteiger partial charge on any atom is -0.478 e. The maximum absolute atomic E-state index is 12.1. The minimum atomic E-state index is -1.06. The van der Waals surface area contributed by atoms with Crippen molar-refractivity contribution in [1.29, 1.82) is 0 Å². The van der Waals surface area contributed by atoms with Crippen molar-refractivity contribution in [2.75, 3.05) is 0 Å². The highest BCUT2D eigenvalue weighted by atomic mass is 35.5. The van der Waals surface area contributed by atoms with Gasteiger partial charge in [-0.2, -0.15) is 0 Å². The fourth-order valence-electron chi connectivity index (χ4n) is 2.03. The molecule has 0 aromatic carbocycles. The summed E-state index contributed by atoms with van der Waals surface area (Å²) in [7, 11) is 0. The zero-order chi connectivity index (χ0) is 15.6. The molecule has 2 N–H and O–H groups in total. The number of carbonyl (C=O) groups is 2. The van der Waals surface area contributed by atoms with E-state index in [9.17, 15) is 9.59 Å². The van der Waals surface area contributed by atoms with Crippen molar-refractivity contribution in [2.45, 2.75) is 26.9 Å². The molecule has 2 aromatic rings. The monoisotopic (exact) mass is 310 g/mol. The Kier molecular flexibility index (Phi) is 4.37. The molecule has 0 aliphatic rings. The molecule has 112 valence electrons. The molecule has 0 unspecified atom stereocenters. The Morgan fingerprint density at radius 2 is 2.14 bits per heavy atom. The lowest BCUT2D eigenvalue weighted by Gasteiger charge is -2.06. The third-order valence-corrected chi connectivity index (χ3v) is 3.27. The smallest absolute Gasteiger partial charge is 0.339 e. The predicted octanol–water partition coefficient (Wildman–Crippen LogP) is 2.69. The molecule has 0 saturated carbocycles. The number of hydrogen-bond donors (Lipinski definition) is 2. The van der Waals surface area contributed by atoms with Crippen LogP contribution in [0, 0.1) is 6.92 Å². The first-order valence-electron chi connectivity index (χ1n) is 6.38. The lowest BCUT2D eigenvalue weighted by Crippen LogP contribution is -2.25. The van der Waals surface area contributed by atoms with Gasteiger partial charge in [0.05, 0.1) is 11.6 Å². The molecule has 2 aromatic heterocycles. The second-order valence-electron chi connectivity index (χ2n) is 4.50. The van der Waals surface area contributed by atoms with Crippen LogP contribution < -0.4 is 5.32 Å². The number of aryl methyl sites for hydroxylation is 2. The van der Waals surface area contributed by atoms with Gasteiger partial charge in [-0.15, -0.1) is 0 Å². The van der Waals surface area contributed by atoms with Crippen LogP contribution in [0.2, 0.25) is 5.02 Å². The summed E-state index contributed by atoms with van der Waals surface area (Å²) in [5.74, 6) is -0.652. The van der Waals surface area contributed by atoms with Crippen LogP contribution in [-0.2, 0) is 13.1 Å². The maximum Gasteiger partial charge on any atom is 0.339 e. The Labute approximate surface area is 126 Å². The van der Waals surface area contributed by atoms with Crippen LogP contribution >= 0.6 is 11.6 Å². The van der Waals surface area contributed by atoms with E-state index in [0.29, 0.717) is 28.8 Å². The molecule has 2 heterocycles.